The number of methoxy groups -OCH3 is 1. The van der Waals surface area contributed by atoms with Crippen molar-refractivity contribution >= 4 is 16.0 Å². The van der Waals surface area contributed by atoms with Crippen LogP contribution in [0.5, 0.6) is 0 Å². The SMILES string of the molecule is COC(=O)[C@@H]1CCN(S(=O)(=O)c2cccc(C#N)c2)C[C@@H]1F. The summed E-state index contributed by atoms with van der Waals surface area (Å²) >= 11 is 0. The average molecular weight is 326 g/mol. The monoisotopic (exact) mass is 326 g/mol. The number of nitrogens with zero attached hydrogens (tertiary/aromatic N) is 2. The van der Waals surface area contributed by atoms with Gasteiger partial charge in [0.05, 0.1) is 29.6 Å². The van der Waals surface area contributed by atoms with Crippen LogP contribution in [-0.2, 0) is 19.6 Å². The fraction of sp³-hybridized carbons (Fsp3) is 0.429. The van der Waals surface area contributed by atoms with Gasteiger partial charge in [0.2, 0.25) is 10.0 Å². The van der Waals surface area contributed by atoms with E-state index >= 15 is 0 Å². The van der Waals surface area contributed by atoms with Gasteiger partial charge in [-0.25, -0.2) is 12.8 Å². The lowest BCUT2D eigenvalue weighted by Crippen LogP contribution is -2.47. The number of halogens is 1. The Bertz CT molecular complexity index is 714. The fourth-order valence-electron chi connectivity index (χ4n) is 2.39. The Morgan fingerprint density at radius 3 is 2.82 bits per heavy atom. The highest BCUT2D eigenvalue weighted by molar-refractivity contribution is 7.89. The molecule has 22 heavy (non-hydrogen) atoms. The van der Waals surface area contributed by atoms with Gasteiger partial charge in [-0.15, -0.1) is 0 Å². The highest BCUT2D eigenvalue weighted by Crippen LogP contribution is 2.27. The van der Waals surface area contributed by atoms with E-state index in [-0.39, 0.29) is 23.4 Å². The topological polar surface area (TPSA) is 87.5 Å². The fourth-order valence-corrected chi connectivity index (χ4v) is 3.90. The smallest absolute Gasteiger partial charge is 0.311 e. The minimum absolute atomic E-state index is 0.0271. The Balaban J connectivity index is 2.22. The Hall–Kier alpha value is -1.98. The highest BCUT2D eigenvalue weighted by atomic mass is 32.2. The molecule has 0 saturated carbocycles. The molecule has 1 aromatic carbocycles. The normalized spacial score (nSPS) is 22.8. The maximum Gasteiger partial charge on any atom is 0.311 e. The van der Waals surface area contributed by atoms with E-state index in [1.165, 1.54) is 31.4 Å². The molecule has 0 aromatic heterocycles. The summed E-state index contributed by atoms with van der Waals surface area (Å²) in [7, 11) is -2.72. The van der Waals surface area contributed by atoms with Gasteiger partial charge in [-0.1, -0.05) is 6.07 Å². The van der Waals surface area contributed by atoms with Crippen molar-refractivity contribution in [3.63, 3.8) is 0 Å². The molecule has 8 heteroatoms. The molecule has 0 unspecified atom stereocenters. The molecule has 6 nitrogen and oxygen atoms in total. The molecule has 118 valence electrons. The molecule has 0 N–H and O–H groups in total. The first-order chi connectivity index (χ1) is 10.4. The number of alkyl halides is 1. The summed E-state index contributed by atoms with van der Waals surface area (Å²) < 4.78 is 44.5. The number of carbonyl (C=O) groups is 1. The van der Waals surface area contributed by atoms with Crippen LogP contribution in [0.25, 0.3) is 0 Å². The van der Waals surface area contributed by atoms with E-state index in [4.69, 9.17) is 5.26 Å². The summed E-state index contributed by atoms with van der Waals surface area (Å²) in [5.74, 6) is -1.61. The van der Waals surface area contributed by atoms with Gasteiger partial charge in [-0.05, 0) is 24.6 Å². The van der Waals surface area contributed by atoms with Crippen LogP contribution in [-0.4, -0.2) is 45.1 Å². The third-order valence-electron chi connectivity index (χ3n) is 3.61. The largest absolute Gasteiger partial charge is 0.469 e. The summed E-state index contributed by atoms with van der Waals surface area (Å²) in [4.78, 5) is 11.4. The molecule has 1 heterocycles. The first-order valence-corrected chi connectivity index (χ1v) is 8.06. The zero-order valence-corrected chi connectivity index (χ0v) is 12.7. The molecule has 1 aliphatic heterocycles. The summed E-state index contributed by atoms with van der Waals surface area (Å²) in [6.45, 7) is -0.377. The van der Waals surface area contributed by atoms with Crippen molar-refractivity contribution in [1.82, 2.24) is 4.31 Å². The van der Waals surface area contributed by atoms with E-state index in [0.29, 0.717) is 0 Å². The van der Waals surface area contributed by atoms with E-state index in [9.17, 15) is 17.6 Å². The van der Waals surface area contributed by atoms with E-state index in [1.807, 2.05) is 6.07 Å². The molecule has 1 saturated heterocycles. The minimum atomic E-state index is -3.89. The van der Waals surface area contributed by atoms with Crippen LogP contribution in [0.2, 0.25) is 0 Å². The van der Waals surface area contributed by atoms with E-state index in [0.717, 1.165) is 4.31 Å². The van der Waals surface area contributed by atoms with Crippen LogP contribution in [0, 0.1) is 17.2 Å². The number of sulfonamides is 1. The Labute approximate surface area is 128 Å². The molecule has 1 aromatic rings. The maximum atomic E-state index is 14.1. The third kappa shape index (κ3) is 3.10. The van der Waals surface area contributed by atoms with Gasteiger partial charge < -0.3 is 4.74 Å². The van der Waals surface area contributed by atoms with Crippen LogP contribution in [0.3, 0.4) is 0 Å². The predicted octanol–water partition coefficient (Wildman–Crippen LogP) is 1.08. The standard InChI is InChI=1S/C14H15FN2O4S/c1-21-14(18)12-5-6-17(9-13(12)15)22(19,20)11-4-2-3-10(7-11)8-16/h2-4,7,12-13H,5-6,9H2,1H3/t12-,13+/m1/s1. The van der Waals surface area contributed by atoms with Crippen molar-refractivity contribution < 1.29 is 22.3 Å². The van der Waals surface area contributed by atoms with Crippen molar-refractivity contribution in [1.29, 1.82) is 5.26 Å². The average Bonchev–Trinajstić information content (AvgIpc) is 2.54. The van der Waals surface area contributed by atoms with Gasteiger partial charge in [-0.2, -0.15) is 9.57 Å². The Morgan fingerprint density at radius 2 is 2.23 bits per heavy atom. The van der Waals surface area contributed by atoms with Gasteiger partial charge >= 0.3 is 5.97 Å². The van der Waals surface area contributed by atoms with Gasteiger partial charge in [-0.3, -0.25) is 4.79 Å². The van der Waals surface area contributed by atoms with Crippen LogP contribution in [0.15, 0.2) is 29.2 Å². The third-order valence-corrected chi connectivity index (χ3v) is 5.47. The molecule has 1 fully saturated rings. The number of esters is 1. The number of piperidine rings is 1. The summed E-state index contributed by atoms with van der Waals surface area (Å²) in [6, 6.07) is 7.41. The predicted molar refractivity (Wildman–Crippen MR) is 74.9 cm³/mol. The molecule has 2 rings (SSSR count). The van der Waals surface area contributed by atoms with Crippen LogP contribution in [0.4, 0.5) is 4.39 Å². The van der Waals surface area contributed by atoms with Crippen molar-refractivity contribution in [3.05, 3.63) is 29.8 Å². The Kier molecular flexibility index (Phi) is 4.78. The van der Waals surface area contributed by atoms with Crippen molar-refractivity contribution in [2.75, 3.05) is 20.2 Å². The molecule has 2 atom stereocenters. The lowest BCUT2D eigenvalue weighted by atomic mass is 9.96. The molecule has 0 aliphatic carbocycles. The first kappa shape index (κ1) is 16.4. The number of nitriles is 1. The molecule has 0 spiro atoms. The quantitative estimate of drug-likeness (QED) is 0.776. The molecule has 0 radical (unpaired) electrons. The molecular formula is C14H15FN2O4S. The number of ether oxygens (including phenoxy) is 1. The molecular weight excluding hydrogens is 311 g/mol. The van der Waals surface area contributed by atoms with E-state index in [1.54, 1.807) is 0 Å². The lowest BCUT2D eigenvalue weighted by Gasteiger charge is -2.32. The van der Waals surface area contributed by atoms with Gasteiger partial charge in [0.25, 0.3) is 0 Å². The van der Waals surface area contributed by atoms with E-state index in [2.05, 4.69) is 4.74 Å². The lowest BCUT2D eigenvalue weighted by molar-refractivity contribution is -0.149. The van der Waals surface area contributed by atoms with Gasteiger partial charge in [0.15, 0.2) is 0 Å². The molecule has 0 bridgehead atoms. The first-order valence-electron chi connectivity index (χ1n) is 6.62. The van der Waals surface area contributed by atoms with Gasteiger partial charge in [0.1, 0.15) is 6.17 Å². The molecule has 1 aliphatic rings. The Morgan fingerprint density at radius 1 is 1.50 bits per heavy atom. The van der Waals surface area contributed by atoms with Crippen LogP contribution < -0.4 is 0 Å². The van der Waals surface area contributed by atoms with Crippen molar-refractivity contribution in [2.45, 2.75) is 17.5 Å². The zero-order chi connectivity index (χ0) is 16.3. The highest BCUT2D eigenvalue weighted by Gasteiger charge is 2.39. The zero-order valence-electron chi connectivity index (χ0n) is 11.9. The number of rotatable bonds is 3. The second kappa shape index (κ2) is 6.42. The summed E-state index contributed by atoms with van der Waals surface area (Å²) in [5.41, 5.74) is 0.210. The number of benzene rings is 1. The van der Waals surface area contributed by atoms with Crippen molar-refractivity contribution in [3.8, 4) is 6.07 Å². The second-order valence-electron chi connectivity index (χ2n) is 4.94. The van der Waals surface area contributed by atoms with Crippen LogP contribution in [0.1, 0.15) is 12.0 Å². The summed E-state index contributed by atoms with van der Waals surface area (Å²) in [5, 5.41) is 8.83. The van der Waals surface area contributed by atoms with Gasteiger partial charge in [0, 0.05) is 13.1 Å². The van der Waals surface area contributed by atoms with E-state index < -0.39 is 34.6 Å². The minimum Gasteiger partial charge on any atom is -0.469 e. The number of hydrogen-bond acceptors (Lipinski definition) is 5. The molecule has 0 amide bonds. The van der Waals surface area contributed by atoms with Crippen LogP contribution >= 0.6 is 0 Å². The second-order valence-corrected chi connectivity index (χ2v) is 6.87. The number of carbonyl (C=O) groups excluding carboxylic acids is 1. The summed E-state index contributed by atoms with van der Waals surface area (Å²) in [6.07, 6.45) is -1.56. The maximum absolute atomic E-state index is 14.1. The van der Waals surface area contributed by atoms with Crippen molar-refractivity contribution in [2.24, 2.45) is 5.92 Å². The number of hydrogen-bond donors (Lipinski definition) is 0.